The van der Waals surface area contributed by atoms with Gasteiger partial charge in [0.2, 0.25) is 0 Å². The summed E-state index contributed by atoms with van der Waals surface area (Å²) in [6.07, 6.45) is 4.43. The van der Waals surface area contributed by atoms with E-state index in [1.54, 1.807) is 0 Å². The lowest BCUT2D eigenvalue weighted by Gasteiger charge is -2.16. The molecule has 0 radical (unpaired) electrons. The van der Waals surface area contributed by atoms with E-state index in [1.807, 2.05) is 13.8 Å². The molecule has 2 heteroatoms. The van der Waals surface area contributed by atoms with E-state index in [0.29, 0.717) is 0 Å². The van der Waals surface area contributed by atoms with E-state index in [1.165, 1.54) is 22.9 Å². The van der Waals surface area contributed by atoms with Gasteiger partial charge in [-0.15, -0.1) is 0 Å². The van der Waals surface area contributed by atoms with Crippen molar-refractivity contribution < 1.29 is 0 Å². The lowest BCUT2D eigenvalue weighted by atomic mass is 10.1. The largest absolute Gasteiger partial charge is 0.361 e. The monoisotopic (exact) mass is 276 g/mol. The predicted octanol–water partition coefficient (Wildman–Crippen LogP) is 5.10. The van der Waals surface area contributed by atoms with Crippen LogP contribution in [0.5, 0.6) is 0 Å². The lowest BCUT2D eigenvalue weighted by molar-refractivity contribution is 0.307. The Hall–Kier alpha value is -1.28. The zero-order valence-corrected chi connectivity index (χ0v) is 14.3. The highest BCUT2D eigenvalue weighted by molar-refractivity contribution is 5.82. The average molecular weight is 276 g/mol. The van der Waals surface area contributed by atoms with Crippen LogP contribution in [0.3, 0.4) is 0 Å². The van der Waals surface area contributed by atoms with Gasteiger partial charge in [-0.1, -0.05) is 45.9 Å². The third-order valence-electron chi connectivity index (χ3n) is 3.53. The molecule has 0 bridgehead atoms. The molecular weight excluding hydrogens is 244 g/mol. The van der Waals surface area contributed by atoms with E-state index in [9.17, 15) is 0 Å². The molecule has 20 heavy (non-hydrogen) atoms. The molecule has 0 aliphatic rings. The Bertz CT molecular complexity index is 457. The summed E-state index contributed by atoms with van der Waals surface area (Å²) in [7, 11) is 4.21. The summed E-state index contributed by atoms with van der Waals surface area (Å²) >= 11 is 0. The highest BCUT2D eigenvalue weighted by Crippen LogP contribution is 2.17. The van der Waals surface area contributed by atoms with Crippen LogP contribution in [0, 0.1) is 0 Å². The van der Waals surface area contributed by atoms with Crippen molar-refractivity contribution in [1.29, 1.82) is 0 Å². The number of benzene rings is 1. The normalized spacial score (nSPS) is 11.4. The Balaban J connectivity index is 0.000000352. The Morgan fingerprint density at radius 3 is 2.15 bits per heavy atom. The van der Waals surface area contributed by atoms with Gasteiger partial charge in [-0.3, -0.25) is 0 Å². The van der Waals surface area contributed by atoms with Gasteiger partial charge in [0.15, 0.2) is 0 Å². The number of aryl methyl sites for hydroxylation is 1. The number of nitrogens with zero attached hydrogens (tertiary/aromatic N) is 1. The van der Waals surface area contributed by atoms with E-state index >= 15 is 0 Å². The van der Waals surface area contributed by atoms with Crippen LogP contribution in [0.1, 0.15) is 46.6 Å². The Kier molecular flexibility index (Phi) is 9.83. The van der Waals surface area contributed by atoms with E-state index < -0.39 is 0 Å². The first kappa shape index (κ1) is 18.7. The quantitative estimate of drug-likeness (QED) is 0.826. The van der Waals surface area contributed by atoms with Crippen LogP contribution in [0.25, 0.3) is 10.9 Å². The second-order valence-electron chi connectivity index (χ2n) is 4.93. The van der Waals surface area contributed by atoms with E-state index in [-0.39, 0.29) is 0 Å². The van der Waals surface area contributed by atoms with Crippen LogP contribution >= 0.6 is 0 Å². The molecule has 1 aromatic heterocycles. The van der Waals surface area contributed by atoms with Crippen molar-refractivity contribution in [2.75, 3.05) is 14.1 Å². The molecule has 1 unspecified atom stereocenters. The topological polar surface area (TPSA) is 19.0 Å². The zero-order valence-electron chi connectivity index (χ0n) is 14.3. The highest BCUT2D eigenvalue weighted by atomic mass is 15.1. The Morgan fingerprint density at radius 1 is 1.10 bits per heavy atom. The fraction of sp³-hybridized carbons (Fsp3) is 0.556. The minimum atomic E-state index is 0.736. The molecule has 0 saturated heterocycles. The van der Waals surface area contributed by atoms with Gasteiger partial charge >= 0.3 is 0 Å². The minimum absolute atomic E-state index is 0.736. The molecule has 0 amide bonds. The van der Waals surface area contributed by atoms with E-state index in [0.717, 1.165) is 12.5 Å². The molecule has 1 heterocycles. The molecule has 0 spiro atoms. The van der Waals surface area contributed by atoms with Crippen molar-refractivity contribution in [3.8, 4) is 0 Å². The van der Waals surface area contributed by atoms with E-state index in [2.05, 4.69) is 75.2 Å². The summed E-state index contributed by atoms with van der Waals surface area (Å²) in [5.74, 6) is 0. The summed E-state index contributed by atoms with van der Waals surface area (Å²) < 4.78 is 0. The maximum absolute atomic E-state index is 3.24. The molecule has 2 nitrogen and oxygen atoms in total. The fourth-order valence-electron chi connectivity index (χ4n) is 1.79. The maximum Gasteiger partial charge on any atom is 0.0456 e. The van der Waals surface area contributed by atoms with Crippen molar-refractivity contribution >= 4 is 10.9 Å². The Morgan fingerprint density at radius 2 is 1.70 bits per heavy atom. The number of nitrogens with one attached hydrogen (secondary N) is 1. The smallest absolute Gasteiger partial charge is 0.0456 e. The first-order chi connectivity index (χ1) is 9.60. The zero-order chi connectivity index (χ0) is 15.5. The molecule has 1 aromatic carbocycles. The number of rotatable bonds is 3. The van der Waals surface area contributed by atoms with Gasteiger partial charge in [0, 0.05) is 23.1 Å². The first-order valence-corrected chi connectivity index (χ1v) is 7.81. The number of aromatic nitrogens is 1. The number of aromatic amines is 1. The van der Waals surface area contributed by atoms with Crippen LogP contribution in [0.4, 0.5) is 0 Å². The van der Waals surface area contributed by atoms with Crippen LogP contribution in [-0.4, -0.2) is 30.0 Å². The first-order valence-electron chi connectivity index (χ1n) is 7.81. The second-order valence-corrected chi connectivity index (χ2v) is 4.93. The minimum Gasteiger partial charge on any atom is -0.361 e. The van der Waals surface area contributed by atoms with Gasteiger partial charge in [-0.2, -0.15) is 0 Å². The fourth-order valence-corrected chi connectivity index (χ4v) is 1.79. The van der Waals surface area contributed by atoms with Gasteiger partial charge in [0.05, 0.1) is 0 Å². The molecule has 1 N–H and O–H groups in total. The van der Waals surface area contributed by atoms with Crippen molar-refractivity contribution in [2.24, 2.45) is 0 Å². The van der Waals surface area contributed by atoms with Crippen molar-refractivity contribution in [2.45, 2.75) is 53.5 Å². The number of H-pyrrole nitrogens is 1. The number of hydrogen-bond donors (Lipinski definition) is 1. The summed E-state index contributed by atoms with van der Waals surface area (Å²) in [4.78, 5) is 5.46. The van der Waals surface area contributed by atoms with Gasteiger partial charge < -0.3 is 9.88 Å². The highest BCUT2D eigenvalue weighted by Gasteiger charge is 1.98. The van der Waals surface area contributed by atoms with Gasteiger partial charge in [0.1, 0.15) is 0 Å². The third kappa shape index (κ3) is 5.79. The molecule has 2 rings (SSSR count). The molecule has 0 aliphatic carbocycles. The third-order valence-corrected chi connectivity index (χ3v) is 3.53. The molecule has 2 aromatic rings. The van der Waals surface area contributed by atoms with Gasteiger partial charge in [-0.05, 0) is 45.5 Å². The van der Waals surface area contributed by atoms with Crippen molar-refractivity contribution in [3.05, 3.63) is 36.0 Å². The van der Waals surface area contributed by atoms with Crippen LogP contribution in [0.15, 0.2) is 30.5 Å². The molecule has 0 saturated carbocycles. The standard InChI is InChI=1S/C10H11N.C6H15N.C2H6/c1-2-8-7-11-10-6-4-3-5-9(8)10;1-5-6(2)7(3)4;1-2/h3-7,11H,2H2,1H3;6H,5H2,1-4H3;1-2H3. The molecule has 1 atom stereocenters. The molecule has 114 valence electrons. The number of para-hydroxylation sites is 1. The predicted molar refractivity (Wildman–Crippen MR) is 92.5 cm³/mol. The lowest BCUT2D eigenvalue weighted by Crippen LogP contribution is -2.23. The second kappa shape index (κ2) is 10.5. The molecular formula is C18H32N2. The average Bonchev–Trinajstić information content (AvgIpc) is 2.92. The van der Waals surface area contributed by atoms with Crippen LogP contribution in [0.2, 0.25) is 0 Å². The summed E-state index contributed by atoms with van der Waals surface area (Å²) in [5.41, 5.74) is 2.64. The number of hydrogen-bond acceptors (Lipinski definition) is 1. The number of fused-ring (bicyclic) bond motifs is 1. The summed E-state index contributed by atoms with van der Waals surface area (Å²) in [6.45, 7) is 10.6. The summed E-state index contributed by atoms with van der Waals surface area (Å²) in [6, 6.07) is 9.13. The van der Waals surface area contributed by atoms with Gasteiger partial charge in [-0.25, -0.2) is 0 Å². The van der Waals surface area contributed by atoms with Gasteiger partial charge in [0.25, 0.3) is 0 Å². The Labute approximate surface area is 125 Å². The van der Waals surface area contributed by atoms with Crippen LogP contribution < -0.4 is 0 Å². The van der Waals surface area contributed by atoms with E-state index in [4.69, 9.17) is 0 Å². The van der Waals surface area contributed by atoms with Crippen molar-refractivity contribution in [3.63, 3.8) is 0 Å². The molecule has 0 aliphatic heterocycles. The van der Waals surface area contributed by atoms with Crippen LogP contribution in [-0.2, 0) is 6.42 Å². The summed E-state index contributed by atoms with van der Waals surface area (Å²) in [5, 5.41) is 1.36. The molecule has 0 fully saturated rings. The maximum atomic E-state index is 3.24. The van der Waals surface area contributed by atoms with Crippen molar-refractivity contribution in [1.82, 2.24) is 9.88 Å². The SMILES string of the molecule is CC.CCC(C)N(C)C.CCc1c[nH]c2ccccc12.